The molecule has 0 radical (unpaired) electrons. The Morgan fingerprint density at radius 2 is 1.60 bits per heavy atom. The number of hydrogen-bond acceptors (Lipinski definition) is 2. The van der Waals surface area contributed by atoms with Crippen molar-refractivity contribution >= 4 is 0 Å². The van der Waals surface area contributed by atoms with Gasteiger partial charge >= 0.3 is 0 Å². The third kappa shape index (κ3) is 2.54. The summed E-state index contributed by atoms with van der Waals surface area (Å²) < 4.78 is 5.49. The Morgan fingerprint density at radius 3 is 2.13 bits per heavy atom. The molecule has 2 nitrogen and oxygen atoms in total. The monoisotopic (exact) mass is 211 g/mol. The zero-order valence-corrected chi connectivity index (χ0v) is 9.84. The van der Waals surface area contributed by atoms with E-state index in [1.54, 1.807) is 0 Å². The number of hydrogen-bond donors (Lipinski definition) is 1. The SMILES string of the molecule is NCC1(C2CCCCCC2)CCOCC1. The van der Waals surface area contributed by atoms with Gasteiger partial charge in [0.05, 0.1) is 0 Å². The van der Waals surface area contributed by atoms with E-state index in [1.165, 1.54) is 51.4 Å². The normalized spacial score (nSPS) is 28.6. The Balaban J connectivity index is 2.01. The fourth-order valence-electron chi connectivity index (χ4n) is 3.45. The molecule has 1 aliphatic carbocycles. The molecule has 0 spiro atoms. The van der Waals surface area contributed by atoms with E-state index in [0.717, 1.165) is 25.7 Å². The minimum absolute atomic E-state index is 0.433. The summed E-state index contributed by atoms with van der Waals surface area (Å²) in [4.78, 5) is 0. The number of rotatable bonds is 2. The molecular formula is C13H25NO. The van der Waals surface area contributed by atoms with E-state index in [-0.39, 0.29) is 0 Å². The van der Waals surface area contributed by atoms with Crippen molar-refractivity contribution in [2.24, 2.45) is 17.1 Å². The average Bonchev–Trinajstić information content (AvgIpc) is 2.59. The maximum absolute atomic E-state index is 6.06. The van der Waals surface area contributed by atoms with Crippen molar-refractivity contribution in [2.45, 2.75) is 51.4 Å². The molecule has 0 bridgehead atoms. The Bertz CT molecular complexity index is 179. The zero-order valence-electron chi connectivity index (χ0n) is 9.84. The highest BCUT2D eigenvalue weighted by atomic mass is 16.5. The van der Waals surface area contributed by atoms with Crippen molar-refractivity contribution in [2.75, 3.05) is 19.8 Å². The smallest absolute Gasteiger partial charge is 0.0471 e. The van der Waals surface area contributed by atoms with Crippen LogP contribution in [-0.4, -0.2) is 19.8 Å². The maximum Gasteiger partial charge on any atom is 0.0471 e. The highest BCUT2D eigenvalue weighted by molar-refractivity contribution is 4.90. The van der Waals surface area contributed by atoms with Crippen LogP contribution in [0.25, 0.3) is 0 Å². The first-order chi connectivity index (χ1) is 7.37. The van der Waals surface area contributed by atoms with Gasteiger partial charge in [-0.2, -0.15) is 0 Å². The lowest BCUT2D eigenvalue weighted by molar-refractivity contribution is -0.0176. The molecule has 0 aromatic heterocycles. The van der Waals surface area contributed by atoms with Crippen molar-refractivity contribution in [1.29, 1.82) is 0 Å². The van der Waals surface area contributed by atoms with Crippen LogP contribution in [0.15, 0.2) is 0 Å². The summed E-state index contributed by atoms with van der Waals surface area (Å²) >= 11 is 0. The lowest BCUT2D eigenvalue weighted by atomic mass is 9.67. The van der Waals surface area contributed by atoms with Gasteiger partial charge in [-0.05, 0) is 43.6 Å². The van der Waals surface area contributed by atoms with Crippen LogP contribution in [0.4, 0.5) is 0 Å². The fraction of sp³-hybridized carbons (Fsp3) is 1.00. The molecular weight excluding hydrogens is 186 g/mol. The molecule has 0 atom stereocenters. The molecule has 2 aliphatic rings. The summed E-state index contributed by atoms with van der Waals surface area (Å²) in [5.74, 6) is 0.883. The zero-order chi connectivity index (χ0) is 10.6. The molecule has 0 amide bonds. The second-order valence-electron chi connectivity index (χ2n) is 5.37. The van der Waals surface area contributed by atoms with Crippen molar-refractivity contribution in [3.05, 3.63) is 0 Å². The van der Waals surface area contributed by atoms with Gasteiger partial charge < -0.3 is 10.5 Å². The molecule has 0 unspecified atom stereocenters. The number of nitrogens with two attached hydrogens (primary N) is 1. The Labute approximate surface area is 93.6 Å². The summed E-state index contributed by atoms with van der Waals surface area (Å²) in [6, 6.07) is 0. The number of ether oxygens (including phenoxy) is 1. The minimum Gasteiger partial charge on any atom is -0.381 e. The average molecular weight is 211 g/mol. The van der Waals surface area contributed by atoms with Crippen LogP contribution in [-0.2, 0) is 4.74 Å². The summed E-state index contributed by atoms with van der Waals surface area (Å²) in [7, 11) is 0. The standard InChI is InChI=1S/C13H25NO/c14-11-13(7-9-15-10-8-13)12-5-3-1-2-4-6-12/h12H,1-11,14H2. The van der Waals surface area contributed by atoms with E-state index in [9.17, 15) is 0 Å². The van der Waals surface area contributed by atoms with Crippen LogP contribution in [0.5, 0.6) is 0 Å². The van der Waals surface area contributed by atoms with Gasteiger partial charge in [0, 0.05) is 13.2 Å². The van der Waals surface area contributed by atoms with E-state index in [2.05, 4.69) is 0 Å². The third-order valence-corrected chi connectivity index (χ3v) is 4.62. The second kappa shape index (κ2) is 5.31. The molecule has 2 N–H and O–H groups in total. The predicted molar refractivity (Wildman–Crippen MR) is 62.7 cm³/mol. The van der Waals surface area contributed by atoms with E-state index >= 15 is 0 Å². The largest absolute Gasteiger partial charge is 0.381 e. The van der Waals surface area contributed by atoms with Crippen molar-refractivity contribution in [3.8, 4) is 0 Å². The lowest BCUT2D eigenvalue weighted by Crippen LogP contribution is -2.42. The first-order valence-electron chi connectivity index (χ1n) is 6.65. The fourth-order valence-corrected chi connectivity index (χ4v) is 3.45. The Hall–Kier alpha value is -0.0800. The first kappa shape index (κ1) is 11.4. The van der Waals surface area contributed by atoms with Crippen LogP contribution in [0.3, 0.4) is 0 Å². The molecule has 0 aromatic carbocycles. The van der Waals surface area contributed by atoms with Gasteiger partial charge in [0.15, 0.2) is 0 Å². The molecule has 2 fully saturated rings. The molecule has 0 aromatic rings. The van der Waals surface area contributed by atoms with E-state index in [4.69, 9.17) is 10.5 Å². The highest BCUT2D eigenvalue weighted by Crippen LogP contribution is 2.43. The van der Waals surface area contributed by atoms with Crippen LogP contribution in [0.2, 0.25) is 0 Å². The van der Waals surface area contributed by atoms with Gasteiger partial charge in [0.1, 0.15) is 0 Å². The second-order valence-corrected chi connectivity index (χ2v) is 5.37. The van der Waals surface area contributed by atoms with Crippen LogP contribution >= 0.6 is 0 Å². The summed E-state index contributed by atoms with van der Waals surface area (Å²) in [6.07, 6.45) is 11.0. The molecule has 1 aliphatic heterocycles. The van der Waals surface area contributed by atoms with Crippen molar-refractivity contribution in [1.82, 2.24) is 0 Å². The van der Waals surface area contributed by atoms with E-state index in [1.807, 2.05) is 0 Å². The van der Waals surface area contributed by atoms with Crippen LogP contribution in [0, 0.1) is 11.3 Å². The van der Waals surface area contributed by atoms with Crippen LogP contribution in [0.1, 0.15) is 51.4 Å². The van der Waals surface area contributed by atoms with Gasteiger partial charge in [-0.25, -0.2) is 0 Å². The van der Waals surface area contributed by atoms with Crippen molar-refractivity contribution < 1.29 is 4.74 Å². The first-order valence-corrected chi connectivity index (χ1v) is 6.65. The highest BCUT2D eigenvalue weighted by Gasteiger charge is 2.38. The van der Waals surface area contributed by atoms with Gasteiger partial charge in [-0.3, -0.25) is 0 Å². The van der Waals surface area contributed by atoms with E-state index < -0.39 is 0 Å². The van der Waals surface area contributed by atoms with Crippen LogP contribution < -0.4 is 5.73 Å². The molecule has 1 saturated carbocycles. The topological polar surface area (TPSA) is 35.2 Å². The van der Waals surface area contributed by atoms with Gasteiger partial charge in [-0.1, -0.05) is 25.7 Å². The van der Waals surface area contributed by atoms with Gasteiger partial charge in [0.2, 0.25) is 0 Å². The molecule has 15 heavy (non-hydrogen) atoms. The third-order valence-electron chi connectivity index (χ3n) is 4.62. The van der Waals surface area contributed by atoms with Gasteiger partial charge in [-0.15, -0.1) is 0 Å². The summed E-state index contributed by atoms with van der Waals surface area (Å²) in [5.41, 5.74) is 6.50. The Kier molecular flexibility index (Phi) is 4.04. The summed E-state index contributed by atoms with van der Waals surface area (Å²) in [5, 5.41) is 0. The summed E-state index contributed by atoms with van der Waals surface area (Å²) in [6.45, 7) is 2.75. The van der Waals surface area contributed by atoms with E-state index in [0.29, 0.717) is 5.41 Å². The minimum atomic E-state index is 0.433. The maximum atomic E-state index is 6.06. The molecule has 88 valence electrons. The molecule has 1 saturated heterocycles. The van der Waals surface area contributed by atoms with Gasteiger partial charge in [0.25, 0.3) is 0 Å². The predicted octanol–water partition coefficient (Wildman–Crippen LogP) is 2.71. The quantitative estimate of drug-likeness (QED) is 0.713. The molecule has 2 rings (SSSR count). The Morgan fingerprint density at radius 1 is 1.00 bits per heavy atom. The molecule has 2 heteroatoms. The lowest BCUT2D eigenvalue weighted by Gasteiger charge is -2.42. The van der Waals surface area contributed by atoms with Crippen molar-refractivity contribution in [3.63, 3.8) is 0 Å². The molecule has 1 heterocycles.